The first-order chi connectivity index (χ1) is 8.22. The van der Waals surface area contributed by atoms with Crippen LogP contribution < -0.4 is 5.32 Å². The lowest BCUT2D eigenvalue weighted by atomic mass is 9.86. The summed E-state index contributed by atoms with van der Waals surface area (Å²) in [4.78, 5) is 23.0. The monoisotopic (exact) mass is 231 g/mol. The maximum absolute atomic E-state index is 11.6. The van der Waals surface area contributed by atoms with Crippen LogP contribution in [0.2, 0.25) is 0 Å². The zero-order chi connectivity index (χ0) is 12.3. The standard InChI is InChI=1S/C13H13NO3/c1-17-13(16)11-8-14-12(15)7-10(11)9-5-3-2-4-6-9/h2-6,8,10H,7H2,1H3,(H,14,15)/t10-/m1/s1. The molecule has 0 aromatic heterocycles. The van der Waals surface area contributed by atoms with Gasteiger partial charge in [-0.15, -0.1) is 0 Å². The first-order valence-electron chi connectivity index (χ1n) is 5.35. The third kappa shape index (κ3) is 2.36. The summed E-state index contributed by atoms with van der Waals surface area (Å²) in [6.45, 7) is 0. The number of rotatable bonds is 2. The first-order valence-corrected chi connectivity index (χ1v) is 5.35. The molecule has 88 valence electrons. The van der Waals surface area contributed by atoms with E-state index >= 15 is 0 Å². The quantitative estimate of drug-likeness (QED) is 0.781. The molecule has 1 heterocycles. The lowest BCUT2D eigenvalue weighted by Crippen LogP contribution is -2.30. The van der Waals surface area contributed by atoms with E-state index in [2.05, 4.69) is 5.32 Å². The Balaban J connectivity index is 2.36. The summed E-state index contributed by atoms with van der Waals surface area (Å²) in [7, 11) is 1.33. The number of esters is 1. The molecule has 1 aromatic rings. The summed E-state index contributed by atoms with van der Waals surface area (Å²) in [5, 5.41) is 2.55. The molecule has 1 aliphatic rings. The molecule has 0 unspecified atom stereocenters. The maximum Gasteiger partial charge on any atom is 0.335 e. The van der Waals surface area contributed by atoms with Crippen molar-refractivity contribution >= 4 is 11.9 Å². The summed E-state index contributed by atoms with van der Waals surface area (Å²) in [6.07, 6.45) is 1.71. The Hall–Kier alpha value is -2.10. The highest BCUT2D eigenvalue weighted by molar-refractivity contribution is 5.94. The number of ether oxygens (including phenoxy) is 1. The minimum atomic E-state index is -0.404. The smallest absolute Gasteiger partial charge is 0.335 e. The van der Waals surface area contributed by atoms with Crippen molar-refractivity contribution in [3.63, 3.8) is 0 Å². The molecule has 1 aromatic carbocycles. The van der Waals surface area contributed by atoms with Gasteiger partial charge in [0.15, 0.2) is 0 Å². The van der Waals surface area contributed by atoms with Crippen molar-refractivity contribution in [2.75, 3.05) is 7.11 Å². The summed E-state index contributed by atoms with van der Waals surface area (Å²) < 4.78 is 4.72. The van der Waals surface area contributed by atoms with Crippen LogP contribution in [-0.2, 0) is 14.3 Å². The summed E-state index contributed by atoms with van der Waals surface area (Å²) in [6, 6.07) is 9.47. The molecule has 2 rings (SSSR count). The fraction of sp³-hybridized carbons (Fsp3) is 0.231. The molecular formula is C13H13NO3. The van der Waals surface area contributed by atoms with Crippen LogP contribution in [0.4, 0.5) is 0 Å². The van der Waals surface area contributed by atoms with Crippen molar-refractivity contribution in [3.05, 3.63) is 47.7 Å². The Bertz CT molecular complexity index is 465. The van der Waals surface area contributed by atoms with Crippen LogP contribution in [0.3, 0.4) is 0 Å². The number of nitrogens with one attached hydrogen (secondary N) is 1. The Kier molecular flexibility index (Phi) is 3.23. The summed E-state index contributed by atoms with van der Waals surface area (Å²) in [5.41, 5.74) is 1.43. The highest BCUT2D eigenvalue weighted by Gasteiger charge is 2.29. The lowest BCUT2D eigenvalue weighted by Gasteiger charge is -2.22. The average Bonchev–Trinajstić information content (AvgIpc) is 2.39. The van der Waals surface area contributed by atoms with Crippen molar-refractivity contribution < 1.29 is 14.3 Å². The van der Waals surface area contributed by atoms with Crippen molar-refractivity contribution in [1.29, 1.82) is 0 Å². The number of benzene rings is 1. The van der Waals surface area contributed by atoms with Gasteiger partial charge in [-0.1, -0.05) is 30.3 Å². The van der Waals surface area contributed by atoms with Crippen LogP contribution >= 0.6 is 0 Å². The molecule has 0 spiro atoms. The molecule has 1 atom stereocenters. The number of hydrogen-bond donors (Lipinski definition) is 1. The summed E-state index contributed by atoms with van der Waals surface area (Å²) in [5.74, 6) is -0.720. The molecule has 17 heavy (non-hydrogen) atoms. The zero-order valence-corrected chi connectivity index (χ0v) is 9.47. The van der Waals surface area contributed by atoms with E-state index in [0.717, 1.165) is 5.56 Å². The number of methoxy groups -OCH3 is 1. The van der Waals surface area contributed by atoms with Gasteiger partial charge >= 0.3 is 5.97 Å². The van der Waals surface area contributed by atoms with Gasteiger partial charge in [0.05, 0.1) is 12.7 Å². The van der Waals surface area contributed by atoms with Gasteiger partial charge in [-0.25, -0.2) is 4.79 Å². The highest BCUT2D eigenvalue weighted by atomic mass is 16.5. The summed E-state index contributed by atoms with van der Waals surface area (Å²) >= 11 is 0. The van der Waals surface area contributed by atoms with Gasteiger partial charge in [0, 0.05) is 18.5 Å². The van der Waals surface area contributed by atoms with Gasteiger partial charge < -0.3 is 10.1 Å². The Labute approximate surface area is 99.3 Å². The van der Waals surface area contributed by atoms with Gasteiger partial charge in [0.25, 0.3) is 0 Å². The average molecular weight is 231 g/mol. The van der Waals surface area contributed by atoms with Crippen LogP contribution in [0.25, 0.3) is 0 Å². The number of hydrogen-bond acceptors (Lipinski definition) is 3. The van der Waals surface area contributed by atoms with Crippen LogP contribution in [0, 0.1) is 0 Å². The highest BCUT2D eigenvalue weighted by Crippen LogP contribution is 2.30. The molecule has 0 radical (unpaired) electrons. The second-order valence-corrected chi connectivity index (χ2v) is 3.83. The fourth-order valence-corrected chi connectivity index (χ4v) is 1.91. The zero-order valence-electron chi connectivity index (χ0n) is 9.47. The van der Waals surface area contributed by atoms with Gasteiger partial charge in [0.2, 0.25) is 5.91 Å². The molecule has 0 bridgehead atoms. The Morgan fingerprint density at radius 3 is 2.71 bits per heavy atom. The van der Waals surface area contributed by atoms with Crippen LogP contribution in [0.5, 0.6) is 0 Å². The Morgan fingerprint density at radius 1 is 1.35 bits per heavy atom. The minimum Gasteiger partial charge on any atom is -0.466 e. The molecular weight excluding hydrogens is 218 g/mol. The van der Waals surface area contributed by atoms with Crippen molar-refractivity contribution in [3.8, 4) is 0 Å². The molecule has 4 heteroatoms. The van der Waals surface area contributed by atoms with E-state index in [1.54, 1.807) is 0 Å². The van der Waals surface area contributed by atoms with Crippen molar-refractivity contribution in [1.82, 2.24) is 5.32 Å². The third-order valence-electron chi connectivity index (χ3n) is 2.78. The predicted octanol–water partition coefficient (Wildman–Crippen LogP) is 1.35. The van der Waals surface area contributed by atoms with E-state index in [0.29, 0.717) is 5.57 Å². The minimum absolute atomic E-state index is 0.0912. The van der Waals surface area contributed by atoms with Crippen molar-refractivity contribution in [2.24, 2.45) is 0 Å². The van der Waals surface area contributed by atoms with Crippen LogP contribution in [-0.4, -0.2) is 19.0 Å². The predicted molar refractivity (Wildman–Crippen MR) is 62.0 cm³/mol. The number of amides is 1. The van der Waals surface area contributed by atoms with Crippen LogP contribution in [0.1, 0.15) is 17.9 Å². The number of carbonyl (C=O) groups excluding carboxylic acids is 2. The number of carbonyl (C=O) groups is 2. The topological polar surface area (TPSA) is 55.4 Å². The van der Waals surface area contributed by atoms with Gasteiger partial charge in [-0.05, 0) is 5.56 Å². The van der Waals surface area contributed by atoms with E-state index in [9.17, 15) is 9.59 Å². The molecule has 0 saturated heterocycles. The third-order valence-corrected chi connectivity index (χ3v) is 2.78. The molecule has 1 N–H and O–H groups in total. The molecule has 0 saturated carbocycles. The van der Waals surface area contributed by atoms with E-state index < -0.39 is 5.97 Å². The van der Waals surface area contributed by atoms with E-state index in [-0.39, 0.29) is 18.2 Å². The normalized spacial score (nSPS) is 19.2. The van der Waals surface area contributed by atoms with E-state index in [1.807, 2.05) is 30.3 Å². The van der Waals surface area contributed by atoms with Gasteiger partial charge in [-0.3, -0.25) is 4.79 Å². The second kappa shape index (κ2) is 4.82. The Morgan fingerprint density at radius 2 is 2.06 bits per heavy atom. The fourth-order valence-electron chi connectivity index (χ4n) is 1.91. The van der Waals surface area contributed by atoms with Crippen LogP contribution in [0.15, 0.2) is 42.1 Å². The molecule has 1 amide bonds. The molecule has 0 aliphatic carbocycles. The second-order valence-electron chi connectivity index (χ2n) is 3.83. The van der Waals surface area contributed by atoms with E-state index in [4.69, 9.17) is 4.74 Å². The molecule has 4 nitrogen and oxygen atoms in total. The maximum atomic E-state index is 11.6. The molecule has 1 aliphatic heterocycles. The van der Waals surface area contributed by atoms with E-state index in [1.165, 1.54) is 13.3 Å². The van der Waals surface area contributed by atoms with Crippen molar-refractivity contribution in [2.45, 2.75) is 12.3 Å². The lowest BCUT2D eigenvalue weighted by molar-refractivity contribution is -0.136. The molecule has 0 fully saturated rings. The largest absolute Gasteiger partial charge is 0.466 e. The SMILES string of the molecule is COC(=O)C1=CNC(=O)C[C@@H]1c1ccccc1. The first kappa shape index (κ1) is 11.4. The van der Waals surface area contributed by atoms with Gasteiger partial charge in [0.1, 0.15) is 0 Å². The van der Waals surface area contributed by atoms with Gasteiger partial charge in [-0.2, -0.15) is 0 Å².